The maximum absolute atomic E-state index is 11.9. The molecule has 6 heteroatoms. The highest BCUT2D eigenvalue weighted by atomic mass is 16.1. The van der Waals surface area contributed by atoms with Gasteiger partial charge in [0, 0.05) is 6.04 Å². The lowest BCUT2D eigenvalue weighted by Gasteiger charge is -2.05. The first-order valence-electron chi connectivity index (χ1n) is 4.48. The van der Waals surface area contributed by atoms with Crippen LogP contribution in [0, 0.1) is 0 Å². The minimum atomic E-state index is -0.118. The van der Waals surface area contributed by atoms with Crippen LogP contribution in [0.1, 0.15) is 18.9 Å². The lowest BCUT2D eigenvalue weighted by molar-refractivity contribution is 0.711. The Morgan fingerprint density at radius 1 is 1.57 bits per heavy atom. The second-order valence-corrected chi connectivity index (χ2v) is 3.48. The molecule has 2 aromatic rings. The van der Waals surface area contributed by atoms with E-state index in [1.807, 2.05) is 0 Å². The third-order valence-corrected chi connectivity index (χ3v) is 2.43. The summed E-state index contributed by atoms with van der Waals surface area (Å²) in [5, 5.41) is 0. The van der Waals surface area contributed by atoms with Crippen LogP contribution in [0.2, 0.25) is 0 Å². The molecule has 14 heavy (non-hydrogen) atoms. The van der Waals surface area contributed by atoms with Crippen molar-refractivity contribution in [2.24, 2.45) is 0 Å². The fourth-order valence-electron chi connectivity index (χ4n) is 1.60. The van der Waals surface area contributed by atoms with Crippen molar-refractivity contribution in [2.75, 3.05) is 5.73 Å². The predicted molar refractivity (Wildman–Crippen MR) is 50.8 cm³/mol. The van der Waals surface area contributed by atoms with E-state index in [4.69, 9.17) is 5.73 Å². The number of nitrogens with one attached hydrogen (secondary N) is 1. The molecule has 1 aliphatic carbocycles. The summed E-state index contributed by atoms with van der Waals surface area (Å²) in [6.07, 6.45) is 3.46. The van der Waals surface area contributed by atoms with Gasteiger partial charge in [0.05, 0.1) is 6.33 Å². The van der Waals surface area contributed by atoms with Crippen LogP contribution < -0.4 is 11.3 Å². The summed E-state index contributed by atoms with van der Waals surface area (Å²) in [4.78, 5) is 22.6. The molecule has 0 unspecified atom stereocenters. The Morgan fingerprint density at radius 2 is 2.36 bits per heavy atom. The lowest BCUT2D eigenvalue weighted by atomic mass is 10.5. The Kier molecular flexibility index (Phi) is 1.26. The molecule has 2 aromatic heterocycles. The van der Waals surface area contributed by atoms with Gasteiger partial charge in [0.25, 0.3) is 5.56 Å². The molecule has 0 amide bonds. The Bertz CT molecular complexity index is 550. The van der Waals surface area contributed by atoms with Crippen molar-refractivity contribution < 1.29 is 0 Å². The molecule has 1 aliphatic rings. The number of hydrogen-bond donors (Lipinski definition) is 2. The molecule has 6 nitrogen and oxygen atoms in total. The highest BCUT2D eigenvalue weighted by molar-refractivity contribution is 5.69. The third-order valence-electron chi connectivity index (χ3n) is 2.43. The molecule has 0 atom stereocenters. The van der Waals surface area contributed by atoms with E-state index in [1.165, 1.54) is 6.33 Å². The number of aromatic nitrogens is 4. The molecular weight excluding hydrogens is 182 g/mol. The van der Waals surface area contributed by atoms with Gasteiger partial charge in [-0.05, 0) is 12.8 Å². The van der Waals surface area contributed by atoms with Gasteiger partial charge in [0.2, 0.25) is 5.95 Å². The Morgan fingerprint density at radius 3 is 3.07 bits per heavy atom. The second kappa shape index (κ2) is 2.34. The molecule has 3 N–H and O–H groups in total. The van der Waals surface area contributed by atoms with Gasteiger partial charge in [0.15, 0.2) is 11.2 Å². The van der Waals surface area contributed by atoms with Crippen LogP contribution in [-0.4, -0.2) is 19.5 Å². The van der Waals surface area contributed by atoms with Crippen molar-refractivity contribution in [3.05, 3.63) is 16.7 Å². The monoisotopic (exact) mass is 191 g/mol. The SMILES string of the molecule is Nc1nc2nc[nH]c2c(=O)n1C1CC1. The van der Waals surface area contributed by atoms with Gasteiger partial charge in [0.1, 0.15) is 0 Å². The number of nitrogens with two attached hydrogens (primary N) is 1. The molecular formula is C8H9N5O. The normalized spacial score (nSPS) is 16.3. The summed E-state index contributed by atoms with van der Waals surface area (Å²) in [5.41, 5.74) is 6.40. The van der Waals surface area contributed by atoms with Gasteiger partial charge in [-0.25, -0.2) is 4.98 Å². The van der Waals surface area contributed by atoms with Crippen LogP contribution in [-0.2, 0) is 0 Å². The van der Waals surface area contributed by atoms with Crippen LogP contribution in [0.25, 0.3) is 11.2 Å². The highest BCUT2D eigenvalue weighted by Gasteiger charge is 2.27. The standard InChI is InChI=1S/C8H9N5O/c9-8-12-6-5(10-3-11-6)7(14)13(8)4-1-2-4/h3-4H,1-2H2,(H2,9,12)(H,10,11). The molecule has 0 radical (unpaired) electrons. The number of anilines is 1. The number of rotatable bonds is 1. The zero-order chi connectivity index (χ0) is 9.71. The quantitative estimate of drug-likeness (QED) is 0.665. The zero-order valence-corrected chi connectivity index (χ0v) is 7.40. The van der Waals surface area contributed by atoms with Crippen molar-refractivity contribution in [3.63, 3.8) is 0 Å². The van der Waals surface area contributed by atoms with E-state index in [-0.39, 0.29) is 17.5 Å². The number of aromatic amines is 1. The summed E-state index contributed by atoms with van der Waals surface area (Å²) in [5.74, 6) is 0.261. The van der Waals surface area contributed by atoms with Crippen molar-refractivity contribution in [3.8, 4) is 0 Å². The Labute approximate surface area is 78.8 Å². The van der Waals surface area contributed by atoms with Gasteiger partial charge in [-0.15, -0.1) is 0 Å². The molecule has 1 saturated carbocycles. The van der Waals surface area contributed by atoms with E-state index in [0.29, 0.717) is 11.2 Å². The first-order chi connectivity index (χ1) is 6.77. The van der Waals surface area contributed by atoms with Crippen molar-refractivity contribution in [1.29, 1.82) is 0 Å². The van der Waals surface area contributed by atoms with E-state index in [0.717, 1.165) is 12.8 Å². The van der Waals surface area contributed by atoms with Gasteiger partial charge in [-0.1, -0.05) is 0 Å². The largest absolute Gasteiger partial charge is 0.369 e. The Hall–Kier alpha value is -1.85. The second-order valence-electron chi connectivity index (χ2n) is 3.48. The molecule has 0 saturated heterocycles. The first-order valence-corrected chi connectivity index (χ1v) is 4.48. The summed E-state index contributed by atoms with van der Waals surface area (Å²) < 4.78 is 1.54. The topological polar surface area (TPSA) is 89.6 Å². The molecule has 3 rings (SSSR count). The molecule has 2 heterocycles. The molecule has 0 spiro atoms. The van der Waals surface area contributed by atoms with Crippen molar-refractivity contribution in [2.45, 2.75) is 18.9 Å². The summed E-state index contributed by atoms with van der Waals surface area (Å²) in [6.45, 7) is 0. The maximum Gasteiger partial charge on any atom is 0.281 e. The minimum Gasteiger partial charge on any atom is -0.369 e. The van der Waals surface area contributed by atoms with E-state index >= 15 is 0 Å². The average Bonchev–Trinajstić information content (AvgIpc) is 2.84. The number of hydrogen-bond acceptors (Lipinski definition) is 4. The number of H-pyrrole nitrogens is 1. The smallest absolute Gasteiger partial charge is 0.281 e. The maximum atomic E-state index is 11.9. The van der Waals surface area contributed by atoms with Crippen LogP contribution in [0.15, 0.2) is 11.1 Å². The summed E-state index contributed by atoms with van der Waals surface area (Å²) in [7, 11) is 0. The fourth-order valence-corrected chi connectivity index (χ4v) is 1.60. The molecule has 0 aromatic carbocycles. The van der Waals surface area contributed by atoms with E-state index in [9.17, 15) is 4.79 Å². The van der Waals surface area contributed by atoms with Gasteiger partial charge < -0.3 is 10.7 Å². The number of fused-ring (bicyclic) bond motifs is 1. The highest BCUT2D eigenvalue weighted by Crippen LogP contribution is 2.34. The molecule has 72 valence electrons. The lowest BCUT2D eigenvalue weighted by Crippen LogP contribution is -2.23. The van der Waals surface area contributed by atoms with E-state index in [1.54, 1.807) is 4.57 Å². The molecule has 0 aliphatic heterocycles. The van der Waals surface area contributed by atoms with Crippen LogP contribution >= 0.6 is 0 Å². The average molecular weight is 191 g/mol. The van der Waals surface area contributed by atoms with Crippen LogP contribution in [0.5, 0.6) is 0 Å². The van der Waals surface area contributed by atoms with Crippen molar-refractivity contribution >= 4 is 17.1 Å². The van der Waals surface area contributed by atoms with E-state index in [2.05, 4.69) is 15.0 Å². The van der Waals surface area contributed by atoms with Crippen LogP contribution in [0.3, 0.4) is 0 Å². The Balaban J connectivity index is 2.42. The number of imidazole rings is 1. The summed E-state index contributed by atoms with van der Waals surface area (Å²) in [6, 6.07) is 0.239. The van der Waals surface area contributed by atoms with E-state index < -0.39 is 0 Å². The fraction of sp³-hybridized carbons (Fsp3) is 0.375. The molecule has 1 fully saturated rings. The molecule has 0 bridgehead atoms. The predicted octanol–water partition coefficient (Wildman–Crippen LogP) is 0.0367. The zero-order valence-electron chi connectivity index (χ0n) is 7.40. The minimum absolute atomic E-state index is 0.118. The van der Waals surface area contributed by atoms with Crippen LogP contribution in [0.4, 0.5) is 5.95 Å². The number of nitrogen functional groups attached to an aromatic ring is 1. The van der Waals surface area contributed by atoms with Gasteiger partial charge in [-0.3, -0.25) is 9.36 Å². The summed E-state index contributed by atoms with van der Waals surface area (Å²) >= 11 is 0. The van der Waals surface area contributed by atoms with Gasteiger partial charge in [-0.2, -0.15) is 4.98 Å². The van der Waals surface area contributed by atoms with Crippen molar-refractivity contribution in [1.82, 2.24) is 19.5 Å². The third kappa shape index (κ3) is 0.876. The first kappa shape index (κ1) is 7.54. The number of nitrogens with zero attached hydrogens (tertiary/aromatic N) is 3. The van der Waals surface area contributed by atoms with Gasteiger partial charge >= 0.3 is 0 Å².